The quantitative estimate of drug-likeness (QED) is 0.653. The Kier molecular flexibility index (Phi) is 5.28. The Morgan fingerprint density at radius 3 is 2.62 bits per heavy atom. The molecule has 1 unspecified atom stereocenters. The third-order valence-corrected chi connectivity index (χ3v) is 4.07. The van der Waals surface area contributed by atoms with Gasteiger partial charge in [0.05, 0.1) is 31.1 Å². The summed E-state index contributed by atoms with van der Waals surface area (Å²) in [6.45, 7) is 0.105. The number of esters is 1. The van der Waals surface area contributed by atoms with E-state index in [9.17, 15) is 14.7 Å². The molecule has 0 fully saturated rings. The number of imidazole rings is 1. The molecule has 0 aliphatic rings. The topological polar surface area (TPSA) is 93.5 Å². The molecule has 0 radical (unpaired) electrons. The number of aliphatic hydroxyl groups is 1. The van der Waals surface area contributed by atoms with Gasteiger partial charge in [-0.3, -0.25) is 4.79 Å². The van der Waals surface area contributed by atoms with E-state index in [4.69, 9.17) is 0 Å². The number of benzene rings is 2. The van der Waals surface area contributed by atoms with Crippen molar-refractivity contribution in [1.82, 2.24) is 14.9 Å². The van der Waals surface area contributed by atoms with Crippen molar-refractivity contribution in [3.05, 3.63) is 66.0 Å². The van der Waals surface area contributed by atoms with Gasteiger partial charge in [0.25, 0.3) is 5.91 Å². The number of hydrogen-bond donors (Lipinski definition) is 2. The monoisotopic (exact) mass is 353 g/mol. The largest absolute Gasteiger partial charge is 0.467 e. The van der Waals surface area contributed by atoms with Crippen molar-refractivity contribution in [2.45, 2.75) is 12.6 Å². The van der Waals surface area contributed by atoms with Crippen molar-refractivity contribution in [2.75, 3.05) is 13.7 Å². The highest BCUT2D eigenvalue weighted by Gasteiger charge is 2.21. The van der Waals surface area contributed by atoms with Gasteiger partial charge in [0.1, 0.15) is 0 Å². The van der Waals surface area contributed by atoms with E-state index in [1.807, 2.05) is 41.0 Å². The lowest BCUT2D eigenvalue weighted by Gasteiger charge is -2.14. The van der Waals surface area contributed by atoms with Crippen molar-refractivity contribution < 1.29 is 19.4 Å². The number of nitrogens with one attached hydrogen (secondary N) is 1. The molecular weight excluding hydrogens is 334 g/mol. The van der Waals surface area contributed by atoms with Crippen LogP contribution in [0.1, 0.15) is 15.9 Å². The van der Waals surface area contributed by atoms with Gasteiger partial charge >= 0.3 is 5.97 Å². The lowest BCUT2D eigenvalue weighted by atomic mass is 10.1. The normalized spacial score (nSPS) is 11.9. The fraction of sp³-hybridized carbons (Fsp3) is 0.211. The molecule has 26 heavy (non-hydrogen) atoms. The van der Waals surface area contributed by atoms with Crippen LogP contribution in [0, 0.1) is 0 Å². The van der Waals surface area contributed by atoms with Crippen LogP contribution in [0.5, 0.6) is 0 Å². The Hall–Kier alpha value is -3.19. The Morgan fingerprint density at radius 2 is 1.92 bits per heavy atom. The number of ether oxygens (including phenoxy) is 1. The highest BCUT2D eigenvalue weighted by atomic mass is 16.5. The summed E-state index contributed by atoms with van der Waals surface area (Å²) in [6, 6.07) is 13.8. The molecule has 1 aromatic heterocycles. The molecule has 7 heteroatoms. The molecule has 1 amide bonds. The average Bonchev–Trinajstić information content (AvgIpc) is 3.09. The number of para-hydroxylation sites is 2. The van der Waals surface area contributed by atoms with Gasteiger partial charge in [0, 0.05) is 12.1 Å². The smallest absolute Gasteiger partial charge is 0.330 e. The Balaban J connectivity index is 1.70. The van der Waals surface area contributed by atoms with Crippen molar-refractivity contribution >= 4 is 22.9 Å². The van der Waals surface area contributed by atoms with E-state index in [1.54, 1.807) is 18.5 Å². The van der Waals surface area contributed by atoms with Crippen LogP contribution in [0.4, 0.5) is 0 Å². The molecule has 1 atom stereocenters. The summed E-state index contributed by atoms with van der Waals surface area (Å²) >= 11 is 0. The molecular formula is C19H19N3O4. The second-order valence-electron chi connectivity index (χ2n) is 5.79. The first-order valence-corrected chi connectivity index (χ1v) is 8.10. The van der Waals surface area contributed by atoms with Crippen molar-refractivity contribution in [3.63, 3.8) is 0 Å². The van der Waals surface area contributed by atoms with Crippen LogP contribution in [0.25, 0.3) is 11.0 Å². The van der Waals surface area contributed by atoms with E-state index in [1.165, 1.54) is 7.11 Å². The lowest BCUT2D eigenvalue weighted by molar-refractivity contribution is -0.143. The maximum Gasteiger partial charge on any atom is 0.330 e. The molecule has 3 rings (SSSR count). The fourth-order valence-electron chi connectivity index (χ4n) is 2.66. The summed E-state index contributed by atoms with van der Waals surface area (Å²) in [6.07, 6.45) is 1.79. The van der Waals surface area contributed by atoms with E-state index in [-0.39, 0.29) is 0 Å². The maximum absolute atomic E-state index is 12.2. The van der Waals surface area contributed by atoms with Crippen molar-refractivity contribution in [2.24, 2.45) is 0 Å². The molecule has 0 aliphatic heterocycles. The zero-order chi connectivity index (χ0) is 18.5. The number of hydrogen-bond acceptors (Lipinski definition) is 5. The number of carbonyl (C=O) groups is 2. The molecule has 0 bridgehead atoms. The highest BCUT2D eigenvalue weighted by Crippen LogP contribution is 2.14. The molecule has 0 spiro atoms. The molecule has 3 aromatic rings. The minimum absolute atomic E-state index is 0.395. The van der Waals surface area contributed by atoms with E-state index in [0.717, 1.165) is 16.6 Å². The summed E-state index contributed by atoms with van der Waals surface area (Å²) in [5, 5.41) is 11.6. The summed E-state index contributed by atoms with van der Waals surface area (Å²) in [4.78, 5) is 28.0. The second-order valence-corrected chi connectivity index (χ2v) is 5.79. The first-order valence-electron chi connectivity index (χ1n) is 8.10. The van der Waals surface area contributed by atoms with Gasteiger partial charge in [-0.1, -0.05) is 24.3 Å². The van der Waals surface area contributed by atoms with E-state index < -0.39 is 24.5 Å². The standard InChI is InChI=1S/C19H19N3O4/c1-26-19(25)16(11-23)21-18(24)14-8-6-13(7-9-14)10-22-12-20-15-4-2-3-5-17(15)22/h2-9,12,16,23H,10-11H2,1H3,(H,21,24). The van der Waals surface area contributed by atoms with Crippen LogP contribution in [0.3, 0.4) is 0 Å². The third kappa shape index (κ3) is 3.73. The molecule has 0 aliphatic carbocycles. The number of amides is 1. The number of carbonyl (C=O) groups excluding carboxylic acids is 2. The number of fused-ring (bicyclic) bond motifs is 1. The lowest BCUT2D eigenvalue weighted by Crippen LogP contribution is -2.44. The fourth-order valence-corrected chi connectivity index (χ4v) is 2.66. The summed E-state index contributed by atoms with van der Waals surface area (Å²) in [7, 11) is 1.20. The Bertz CT molecular complexity index is 918. The van der Waals surface area contributed by atoms with Crippen molar-refractivity contribution in [3.8, 4) is 0 Å². The summed E-state index contributed by atoms with van der Waals surface area (Å²) < 4.78 is 6.56. The van der Waals surface area contributed by atoms with Crippen LogP contribution in [-0.4, -0.2) is 46.3 Å². The molecule has 0 saturated carbocycles. The van der Waals surface area contributed by atoms with Gasteiger partial charge in [0.15, 0.2) is 6.04 Å². The van der Waals surface area contributed by atoms with Gasteiger partial charge in [-0.25, -0.2) is 9.78 Å². The predicted octanol–water partition coefficient (Wildman–Crippen LogP) is 1.35. The number of rotatable bonds is 6. The van der Waals surface area contributed by atoms with E-state index >= 15 is 0 Å². The number of aromatic nitrogens is 2. The van der Waals surface area contributed by atoms with Gasteiger partial charge < -0.3 is 19.7 Å². The minimum Gasteiger partial charge on any atom is -0.467 e. The van der Waals surface area contributed by atoms with Crippen LogP contribution in [-0.2, 0) is 16.1 Å². The Morgan fingerprint density at radius 1 is 1.19 bits per heavy atom. The molecule has 1 heterocycles. The zero-order valence-corrected chi connectivity index (χ0v) is 14.3. The van der Waals surface area contributed by atoms with Crippen LogP contribution in [0.2, 0.25) is 0 Å². The summed E-state index contributed by atoms with van der Waals surface area (Å²) in [5.41, 5.74) is 3.38. The molecule has 2 aromatic carbocycles. The first-order chi connectivity index (χ1) is 12.6. The van der Waals surface area contributed by atoms with E-state index in [2.05, 4.69) is 15.0 Å². The molecule has 7 nitrogen and oxygen atoms in total. The second kappa shape index (κ2) is 7.79. The van der Waals surface area contributed by atoms with Crippen LogP contribution in [0.15, 0.2) is 54.9 Å². The average molecular weight is 353 g/mol. The molecule has 2 N–H and O–H groups in total. The highest BCUT2D eigenvalue weighted by molar-refractivity contribution is 5.96. The third-order valence-electron chi connectivity index (χ3n) is 4.07. The van der Waals surface area contributed by atoms with E-state index in [0.29, 0.717) is 12.1 Å². The number of methoxy groups -OCH3 is 1. The SMILES string of the molecule is COC(=O)C(CO)NC(=O)c1ccc(Cn2cnc3ccccc32)cc1. The maximum atomic E-state index is 12.2. The number of aliphatic hydroxyl groups excluding tert-OH is 1. The Labute approximate surface area is 150 Å². The van der Waals surface area contributed by atoms with Crippen molar-refractivity contribution in [1.29, 1.82) is 0 Å². The zero-order valence-electron chi connectivity index (χ0n) is 14.3. The van der Waals surface area contributed by atoms with Gasteiger partial charge in [-0.15, -0.1) is 0 Å². The molecule has 134 valence electrons. The molecule has 0 saturated heterocycles. The van der Waals surface area contributed by atoms with Gasteiger partial charge in [0.2, 0.25) is 0 Å². The summed E-state index contributed by atoms with van der Waals surface area (Å²) in [5.74, 6) is -1.14. The predicted molar refractivity (Wildman–Crippen MR) is 95.6 cm³/mol. The van der Waals surface area contributed by atoms with Crippen LogP contribution < -0.4 is 5.32 Å². The van der Waals surface area contributed by atoms with Crippen LogP contribution >= 0.6 is 0 Å². The first kappa shape index (κ1) is 17.6. The van der Waals surface area contributed by atoms with Gasteiger partial charge in [-0.2, -0.15) is 0 Å². The minimum atomic E-state index is -1.08. The number of nitrogens with zero attached hydrogens (tertiary/aromatic N) is 2. The van der Waals surface area contributed by atoms with Gasteiger partial charge in [-0.05, 0) is 29.8 Å².